The lowest BCUT2D eigenvalue weighted by atomic mass is 10.0. The standard InChI is InChI=1S/C14H17ClN2O3/c1-9-5-4-6-10(15)12(9)16-14(20)17-8-3-2-7-11(17)13(18)19/h4-6,11H,2-3,7-8H2,1H3,(H,16,20)(H,18,19). The summed E-state index contributed by atoms with van der Waals surface area (Å²) in [6.07, 6.45) is 2.13. The van der Waals surface area contributed by atoms with Crippen LogP contribution in [-0.2, 0) is 4.79 Å². The first-order chi connectivity index (χ1) is 9.50. The zero-order valence-corrected chi connectivity index (χ0v) is 12.0. The van der Waals surface area contributed by atoms with Crippen LogP contribution in [0.1, 0.15) is 24.8 Å². The van der Waals surface area contributed by atoms with E-state index in [1.54, 1.807) is 12.1 Å². The predicted molar refractivity (Wildman–Crippen MR) is 77.2 cm³/mol. The van der Waals surface area contributed by atoms with Crippen LogP contribution in [0.2, 0.25) is 5.02 Å². The fraction of sp³-hybridized carbons (Fsp3) is 0.429. The number of nitrogens with one attached hydrogen (secondary N) is 1. The van der Waals surface area contributed by atoms with Crippen molar-refractivity contribution in [1.29, 1.82) is 0 Å². The number of piperidine rings is 1. The third-order valence-electron chi connectivity index (χ3n) is 3.50. The molecule has 108 valence electrons. The molecule has 1 heterocycles. The van der Waals surface area contributed by atoms with Gasteiger partial charge in [-0.2, -0.15) is 0 Å². The molecule has 1 fully saturated rings. The van der Waals surface area contributed by atoms with Gasteiger partial charge in [0.1, 0.15) is 6.04 Å². The highest BCUT2D eigenvalue weighted by molar-refractivity contribution is 6.33. The molecule has 1 saturated heterocycles. The van der Waals surface area contributed by atoms with Crippen molar-refractivity contribution >= 4 is 29.3 Å². The van der Waals surface area contributed by atoms with Crippen LogP contribution in [0.3, 0.4) is 0 Å². The number of benzene rings is 1. The number of halogens is 1. The Labute approximate surface area is 122 Å². The molecule has 1 aromatic carbocycles. The van der Waals surface area contributed by atoms with Crippen LogP contribution in [0.5, 0.6) is 0 Å². The summed E-state index contributed by atoms with van der Waals surface area (Å²) in [5.74, 6) is -0.962. The lowest BCUT2D eigenvalue weighted by molar-refractivity contribution is -0.143. The van der Waals surface area contributed by atoms with Gasteiger partial charge in [0.05, 0.1) is 10.7 Å². The summed E-state index contributed by atoms with van der Waals surface area (Å²) < 4.78 is 0. The second-order valence-corrected chi connectivity index (χ2v) is 5.31. The fourth-order valence-electron chi connectivity index (χ4n) is 2.40. The van der Waals surface area contributed by atoms with E-state index in [0.717, 1.165) is 18.4 Å². The Morgan fingerprint density at radius 2 is 2.15 bits per heavy atom. The summed E-state index contributed by atoms with van der Waals surface area (Å²) >= 11 is 6.06. The van der Waals surface area contributed by atoms with Crippen molar-refractivity contribution in [2.45, 2.75) is 32.2 Å². The maximum atomic E-state index is 12.3. The SMILES string of the molecule is Cc1cccc(Cl)c1NC(=O)N1CCCCC1C(=O)O. The maximum absolute atomic E-state index is 12.3. The quantitative estimate of drug-likeness (QED) is 0.881. The molecule has 1 aliphatic rings. The third-order valence-corrected chi connectivity index (χ3v) is 3.82. The molecular weight excluding hydrogens is 280 g/mol. The Kier molecular flexibility index (Phi) is 4.49. The number of nitrogens with zero attached hydrogens (tertiary/aromatic N) is 1. The van der Waals surface area contributed by atoms with Crippen molar-refractivity contribution in [3.63, 3.8) is 0 Å². The summed E-state index contributed by atoms with van der Waals surface area (Å²) in [5, 5.41) is 12.4. The largest absolute Gasteiger partial charge is 0.480 e. The average Bonchev–Trinajstić information content (AvgIpc) is 2.43. The van der Waals surface area contributed by atoms with Crippen LogP contribution in [-0.4, -0.2) is 34.6 Å². The van der Waals surface area contributed by atoms with Gasteiger partial charge in [0.15, 0.2) is 0 Å². The van der Waals surface area contributed by atoms with Gasteiger partial charge in [-0.15, -0.1) is 0 Å². The first-order valence-electron chi connectivity index (χ1n) is 6.56. The molecule has 0 radical (unpaired) electrons. The molecule has 1 aromatic rings. The van der Waals surface area contributed by atoms with Crippen molar-refractivity contribution in [2.24, 2.45) is 0 Å². The number of aliphatic carboxylic acids is 1. The number of aryl methyl sites for hydroxylation is 1. The third kappa shape index (κ3) is 3.04. The van der Waals surface area contributed by atoms with Crippen molar-refractivity contribution in [3.8, 4) is 0 Å². The Balaban J connectivity index is 2.16. The number of para-hydroxylation sites is 1. The first kappa shape index (κ1) is 14.7. The van der Waals surface area contributed by atoms with Crippen LogP contribution in [0, 0.1) is 6.92 Å². The van der Waals surface area contributed by atoms with E-state index in [9.17, 15) is 14.7 Å². The van der Waals surface area contributed by atoms with Crippen LogP contribution in [0.15, 0.2) is 18.2 Å². The predicted octanol–water partition coefficient (Wildman–Crippen LogP) is 3.12. The van der Waals surface area contributed by atoms with Gasteiger partial charge in [-0.1, -0.05) is 23.7 Å². The van der Waals surface area contributed by atoms with E-state index >= 15 is 0 Å². The Hall–Kier alpha value is -1.75. The van der Waals surface area contributed by atoms with E-state index in [1.807, 2.05) is 13.0 Å². The van der Waals surface area contributed by atoms with Gasteiger partial charge in [0.25, 0.3) is 0 Å². The highest BCUT2D eigenvalue weighted by Crippen LogP contribution is 2.26. The molecule has 0 bridgehead atoms. The lowest BCUT2D eigenvalue weighted by Crippen LogP contribution is -2.49. The molecule has 1 aliphatic heterocycles. The molecule has 0 spiro atoms. The van der Waals surface area contributed by atoms with E-state index in [2.05, 4.69) is 5.32 Å². The molecule has 1 unspecified atom stereocenters. The Morgan fingerprint density at radius 3 is 2.80 bits per heavy atom. The lowest BCUT2D eigenvalue weighted by Gasteiger charge is -2.33. The normalized spacial score (nSPS) is 18.7. The second kappa shape index (κ2) is 6.13. The zero-order valence-electron chi connectivity index (χ0n) is 11.2. The molecule has 6 heteroatoms. The number of rotatable bonds is 2. The van der Waals surface area contributed by atoms with Crippen LogP contribution in [0.4, 0.5) is 10.5 Å². The van der Waals surface area contributed by atoms with E-state index in [0.29, 0.717) is 23.7 Å². The van der Waals surface area contributed by atoms with Gasteiger partial charge in [0.2, 0.25) is 0 Å². The van der Waals surface area contributed by atoms with Crippen molar-refractivity contribution in [3.05, 3.63) is 28.8 Å². The number of carbonyl (C=O) groups is 2. The number of amides is 2. The molecule has 2 N–H and O–H groups in total. The molecule has 20 heavy (non-hydrogen) atoms. The van der Waals surface area contributed by atoms with Gasteiger partial charge >= 0.3 is 12.0 Å². The van der Waals surface area contributed by atoms with E-state index in [4.69, 9.17) is 11.6 Å². The summed E-state index contributed by atoms with van der Waals surface area (Å²) in [6, 6.07) is 4.16. The Bertz CT molecular complexity index is 513. The zero-order chi connectivity index (χ0) is 14.7. The number of carbonyl (C=O) groups excluding carboxylic acids is 1. The number of hydrogen-bond donors (Lipinski definition) is 2. The molecule has 0 aromatic heterocycles. The minimum Gasteiger partial charge on any atom is -0.480 e. The van der Waals surface area contributed by atoms with Crippen LogP contribution in [0.25, 0.3) is 0 Å². The van der Waals surface area contributed by atoms with Crippen LogP contribution >= 0.6 is 11.6 Å². The molecule has 2 amide bonds. The van der Waals surface area contributed by atoms with Gasteiger partial charge in [0, 0.05) is 6.54 Å². The number of likely N-dealkylation sites (tertiary alicyclic amines) is 1. The van der Waals surface area contributed by atoms with Gasteiger partial charge in [-0.25, -0.2) is 9.59 Å². The van der Waals surface area contributed by atoms with Gasteiger partial charge in [-0.3, -0.25) is 0 Å². The average molecular weight is 297 g/mol. The maximum Gasteiger partial charge on any atom is 0.326 e. The minimum atomic E-state index is -0.962. The fourth-order valence-corrected chi connectivity index (χ4v) is 2.67. The number of urea groups is 1. The van der Waals surface area contributed by atoms with Crippen molar-refractivity contribution in [2.75, 3.05) is 11.9 Å². The molecule has 0 saturated carbocycles. The second-order valence-electron chi connectivity index (χ2n) is 4.91. The summed E-state index contributed by atoms with van der Waals surface area (Å²) in [4.78, 5) is 24.9. The molecular formula is C14H17ClN2O3. The van der Waals surface area contributed by atoms with Crippen molar-refractivity contribution in [1.82, 2.24) is 4.90 Å². The van der Waals surface area contributed by atoms with Crippen molar-refractivity contribution < 1.29 is 14.7 Å². The van der Waals surface area contributed by atoms with Gasteiger partial charge in [-0.05, 0) is 37.8 Å². The van der Waals surface area contributed by atoms with E-state index in [-0.39, 0.29) is 0 Å². The number of hydrogen-bond acceptors (Lipinski definition) is 2. The molecule has 5 nitrogen and oxygen atoms in total. The monoisotopic (exact) mass is 296 g/mol. The topological polar surface area (TPSA) is 69.6 Å². The first-order valence-corrected chi connectivity index (χ1v) is 6.94. The van der Waals surface area contributed by atoms with Crippen LogP contribution < -0.4 is 5.32 Å². The highest BCUT2D eigenvalue weighted by Gasteiger charge is 2.32. The number of carboxylic acid groups (broad SMARTS) is 1. The summed E-state index contributed by atoms with van der Waals surface area (Å²) in [6.45, 7) is 2.29. The highest BCUT2D eigenvalue weighted by atomic mass is 35.5. The van der Waals surface area contributed by atoms with E-state index < -0.39 is 18.0 Å². The Morgan fingerprint density at radius 1 is 1.40 bits per heavy atom. The summed E-state index contributed by atoms with van der Waals surface area (Å²) in [7, 11) is 0. The number of anilines is 1. The smallest absolute Gasteiger partial charge is 0.326 e. The van der Waals surface area contributed by atoms with Gasteiger partial charge < -0.3 is 15.3 Å². The minimum absolute atomic E-state index is 0.409. The number of carboxylic acids is 1. The summed E-state index contributed by atoms with van der Waals surface area (Å²) in [5.41, 5.74) is 1.38. The van der Waals surface area contributed by atoms with E-state index in [1.165, 1.54) is 4.90 Å². The molecule has 1 atom stereocenters. The molecule has 0 aliphatic carbocycles. The molecule has 2 rings (SSSR count).